The summed E-state index contributed by atoms with van der Waals surface area (Å²) >= 11 is 0. The molecule has 0 amide bonds. The molecule has 0 aliphatic carbocycles. The molecule has 14 heavy (non-hydrogen) atoms. The lowest BCUT2D eigenvalue weighted by Crippen LogP contribution is -2.54. The van der Waals surface area contributed by atoms with Gasteiger partial charge in [0, 0.05) is 19.6 Å². The third-order valence-corrected chi connectivity index (χ3v) is 2.10. The zero-order chi connectivity index (χ0) is 11.0. The number of rotatable bonds is 3. The topological polar surface area (TPSA) is 52.6 Å². The number of carboxylic acids is 1. The SMILES string of the molecule is CC.CCCN1CCNC(C(=O)O)C1. The van der Waals surface area contributed by atoms with E-state index in [0.29, 0.717) is 6.54 Å². The monoisotopic (exact) mass is 202 g/mol. The lowest BCUT2D eigenvalue weighted by atomic mass is 10.2. The normalized spacial score (nSPS) is 22.4. The fourth-order valence-corrected chi connectivity index (χ4v) is 1.50. The summed E-state index contributed by atoms with van der Waals surface area (Å²) in [6, 6.07) is -0.370. The molecule has 1 aliphatic heterocycles. The number of nitrogens with one attached hydrogen (secondary N) is 1. The van der Waals surface area contributed by atoms with Gasteiger partial charge in [0.25, 0.3) is 0 Å². The van der Waals surface area contributed by atoms with Gasteiger partial charge in [-0.15, -0.1) is 0 Å². The van der Waals surface area contributed by atoms with Crippen LogP contribution in [-0.4, -0.2) is 48.2 Å². The van der Waals surface area contributed by atoms with Crippen LogP contribution in [0.4, 0.5) is 0 Å². The Labute approximate surface area is 86.3 Å². The average molecular weight is 202 g/mol. The molecule has 1 saturated heterocycles. The van der Waals surface area contributed by atoms with Crippen molar-refractivity contribution < 1.29 is 9.90 Å². The van der Waals surface area contributed by atoms with Crippen molar-refractivity contribution in [2.24, 2.45) is 0 Å². The maximum absolute atomic E-state index is 10.6. The van der Waals surface area contributed by atoms with Crippen molar-refractivity contribution in [2.45, 2.75) is 33.2 Å². The molecule has 0 aromatic heterocycles. The third kappa shape index (κ3) is 4.58. The van der Waals surface area contributed by atoms with Gasteiger partial charge in [0.05, 0.1) is 0 Å². The highest BCUT2D eigenvalue weighted by Gasteiger charge is 2.23. The van der Waals surface area contributed by atoms with E-state index in [0.717, 1.165) is 26.1 Å². The number of nitrogens with zero attached hydrogens (tertiary/aromatic N) is 1. The van der Waals surface area contributed by atoms with Crippen LogP contribution in [0.15, 0.2) is 0 Å². The lowest BCUT2D eigenvalue weighted by Gasteiger charge is -2.31. The quantitative estimate of drug-likeness (QED) is 0.710. The van der Waals surface area contributed by atoms with Crippen LogP contribution in [-0.2, 0) is 4.79 Å². The standard InChI is InChI=1S/C8H16N2O2.C2H6/c1-2-4-10-5-3-9-7(6-10)8(11)12;1-2/h7,9H,2-6H2,1H3,(H,11,12);1-2H3. The summed E-state index contributed by atoms with van der Waals surface area (Å²) in [6.07, 6.45) is 1.09. The van der Waals surface area contributed by atoms with Crippen LogP contribution in [0.2, 0.25) is 0 Å². The molecule has 1 rings (SSSR count). The molecule has 1 fully saturated rings. The zero-order valence-electron chi connectivity index (χ0n) is 9.42. The van der Waals surface area contributed by atoms with E-state index < -0.39 is 5.97 Å². The second-order valence-electron chi connectivity index (χ2n) is 3.15. The highest BCUT2D eigenvalue weighted by molar-refractivity contribution is 5.73. The largest absolute Gasteiger partial charge is 0.480 e. The summed E-state index contributed by atoms with van der Waals surface area (Å²) in [6.45, 7) is 9.51. The zero-order valence-corrected chi connectivity index (χ0v) is 9.42. The first-order valence-electron chi connectivity index (χ1n) is 5.42. The number of piperazine rings is 1. The first-order chi connectivity index (χ1) is 6.74. The molecule has 1 unspecified atom stereocenters. The number of aliphatic carboxylic acids is 1. The Morgan fingerprint density at radius 2 is 2.21 bits per heavy atom. The van der Waals surface area contributed by atoms with Crippen molar-refractivity contribution in [1.82, 2.24) is 10.2 Å². The first kappa shape index (κ1) is 13.4. The van der Waals surface area contributed by atoms with Gasteiger partial charge in [0.15, 0.2) is 0 Å². The van der Waals surface area contributed by atoms with E-state index in [-0.39, 0.29) is 6.04 Å². The Balaban J connectivity index is 0.000000791. The van der Waals surface area contributed by atoms with Crippen LogP contribution in [0.25, 0.3) is 0 Å². The van der Waals surface area contributed by atoms with Gasteiger partial charge in [-0.25, -0.2) is 0 Å². The Morgan fingerprint density at radius 3 is 2.71 bits per heavy atom. The van der Waals surface area contributed by atoms with Crippen molar-refractivity contribution in [2.75, 3.05) is 26.2 Å². The summed E-state index contributed by atoms with van der Waals surface area (Å²) in [5.41, 5.74) is 0. The molecule has 4 heteroatoms. The maximum Gasteiger partial charge on any atom is 0.322 e. The van der Waals surface area contributed by atoms with Crippen LogP contribution in [0.5, 0.6) is 0 Å². The predicted octanol–water partition coefficient (Wildman–Crippen LogP) is 0.781. The van der Waals surface area contributed by atoms with E-state index in [2.05, 4.69) is 17.1 Å². The van der Waals surface area contributed by atoms with Gasteiger partial charge >= 0.3 is 5.97 Å². The molecule has 4 nitrogen and oxygen atoms in total. The Kier molecular flexibility index (Phi) is 7.42. The molecule has 1 atom stereocenters. The van der Waals surface area contributed by atoms with E-state index >= 15 is 0 Å². The molecule has 2 N–H and O–H groups in total. The predicted molar refractivity (Wildman–Crippen MR) is 57.5 cm³/mol. The molecule has 0 aromatic rings. The van der Waals surface area contributed by atoms with E-state index in [1.165, 1.54) is 0 Å². The molecule has 0 bridgehead atoms. The van der Waals surface area contributed by atoms with Crippen LogP contribution < -0.4 is 5.32 Å². The van der Waals surface area contributed by atoms with Crippen molar-refractivity contribution in [1.29, 1.82) is 0 Å². The highest BCUT2D eigenvalue weighted by atomic mass is 16.4. The number of hydrogen-bond acceptors (Lipinski definition) is 3. The maximum atomic E-state index is 10.6. The average Bonchev–Trinajstić information content (AvgIpc) is 2.22. The molecule has 1 heterocycles. The van der Waals surface area contributed by atoms with Gasteiger partial charge < -0.3 is 10.4 Å². The van der Waals surface area contributed by atoms with Gasteiger partial charge in [-0.2, -0.15) is 0 Å². The summed E-state index contributed by atoms with van der Waals surface area (Å²) in [5, 5.41) is 11.7. The first-order valence-corrected chi connectivity index (χ1v) is 5.42. The fraction of sp³-hybridized carbons (Fsp3) is 0.900. The summed E-state index contributed by atoms with van der Waals surface area (Å²) < 4.78 is 0. The molecule has 0 saturated carbocycles. The highest BCUT2D eigenvalue weighted by Crippen LogP contribution is 1.99. The molecular formula is C10H22N2O2. The van der Waals surface area contributed by atoms with Crippen LogP contribution in [0.3, 0.4) is 0 Å². The van der Waals surface area contributed by atoms with Gasteiger partial charge in [0.2, 0.25) is 0 Å². The summed E-state index contributed by atoms with van der Waals surface area (Å²) in [5.74, 6) is -0.740. The molecule has 0 spiro atoms. The van der Waals surface area contributed by atoms with Crippen molar-refractivity contribution >= 4 is 5.97 Å². The second-order valence-corrected chi connectivity index (χ2v) is 3.15. The van der Waals surface area contributed by atoms with Gasteiger partial charge in [0.1, 0.15) is 6.04 Å². The molecule has 0 radical (unpaired) electrons. The number of hydrogen-bond donors (Lipinski definition) is 2. The van der Waals surface area contributed by atoms with Crippen LogP contribution >= 0.6 is 0 Å². The minimum absolute atomic E-state index is 0.370. The third-order valence-electron chi connectivity index (χ3n) is 2.10. The summed E-state index contributed by atoms with van der Waals surface area (Å²) in [4.78, 5) is 12.8. The lowest BCUT2D eigenvalue weighted by molar-refractivity contribution is -0.140. The van der Waals surface area contributed by atoms with Crippen LogP contribution in [0, 0.1) is 0 Å². The molecule has 0 aromatic carbocycles. The smallest absolute Gasteiger partial charge is 0.322 e. The summed E-state index contributed by atoms with van der Waals surface area (Å²) in [7, 11) is 0. The molecule has 1 aliphatic rings. The minimum atomic E-state index is -0.740. The Morgan fingerprint density at radius 1 is 1.57 bits per heavy atom. The van der Waals surface area contributed by atoms with Crippen molar-refractivity contribution in [3.63, 3.8) is 0 Å². The van der Waals surface area contributed by atoms with E-state index in [1.54, 1.807) is 0 Å². The van der Waals surface area contributed by atoms with E-state index in [9.17, 15) is 4.79 Å². The number of carboxylic acid groups (broad SMARTS) is 1. The number of carbonyl (C=O) groups is 1. The van der Waals surface area contributed by atoms with Gasteiger partial charge in [-0.05, 0) is 13.0 Å². The van der Waals surface area contributed by atoms with Crippen molar-refractivity contribution in [3.05, 3.63) is 0 Å². The van der Waals surface area contributed by atoms with E-state index in [4.69, 9.17) is 5.11 Å². The van der Waals surface area contributed by atoms with Crippen molar-refractivity contribution in [3.8, 4) is 0 Å². The van der Waals surface area contributed by atoms with E-state index in [1.807, 2.05) is 13.8 Å². The van der Waals surface area contributed by atoms with Crippen LogP contribution in [0.1, 0.15) is 27.2 Å². The minimum Gasteiger partial charge on any atom is -0.480 e. The second kappa shape index (κ2) is 7.76. The van der Waals surface area contributed by atoms with Gasteiger partial charge in [-0.1, -0.05) is 20.8 Å². The molecule has 84 valence electrons. The fourth-order valence-electron chi connectivity index (χ4n) is 1.50. The van der Waals surface area contributed by atoms with Gasteiger partial charge in [-0.3, -0.25) is 9.69 Å². The molecular weight excluding hydrogens is 180 g/mol. The Bertz CT molecular complexity index is 160. The Hall–Kier alpha value is -0.610.